The number of amides is 1. The topological polar surface area (TPSA) is 123 Å². The molecule has 0 aliphatic carbocycles. The van der Waals surface area contributed by atoms with Crippen LogP contribution in [0.3, 0.4) is 0 Å². The molecule has 9 nitrogen and oxygen atoms in total. The predicted molar refractivity (Wildman–Crippen MR) is 83.1 cm³/mol. The highest BCUT2D eigenvalue weighted by Crippen LogP contribution is 2.32. The van der Waals surface area contributed by atoms with Gasteiger partial charge in [-0.05, 0) is 13.0 Å². The van der Waals surface area contributed by atoms with Crippen molar-refractivity contribution in [2.24, 2.45) is 5.10 Å². The van der Waals surface area contributed by atoms with Crippen LogP contribution in [0.4, 0.5) is 5.69 Å². The second-order valence-electron chi connectivity index (χ2n) is 4.92. The summed E-state index contributed by atoms with van der Waals surface area (Å²) >= 11 is 3.10. The Morgan fingerprint density at radius 1 is 1.57 bits per heavy atom. The van der Waals surface area contributed by atoms with E-state index in [-0.39, 0.29) is 12.0 Å². The highest BCUT2D eigenvalue weighted by molar-refractivity contribution is 9.10. The van der Waals surface area contributed by atoms with Gasteiger partial charge in [-0.1, -0.05) is 15.9 Å². The Bertz CT molecular complexity index is 657. The van der Waals surface area contributed by atoms with Crippen LogP contribution in [0.25, 0.3) is 0 Å². The molecular formula is C13H14BrN3O6. The number of aromatic hydroxyl groups is 1. The Kier molecular flexibility index (Phi) is 5.29. The van der Waals surface area contributed by atoms with Crippen LogP contribution in [-0.4, -0.2) is 41.2 Å². The zero-order chi connectivity index (χ0) is 17.0. The number of hydrogen-bond donors (Lipinski definition) is 2. The lowest BCUT2D eigenvalue weighted by Crippen LogP contribution is -2.33. The maximum atomic E-state index is 11.8. The normalized spacial score (nSPS) is 16.6. The third kappa shape index (κ3) is 4.47. The molecule has 0 spiro atoms. The fraction of sp³-hybridized carbons (Fsp3) is 0.385. The maximum Gasteiger partial charge on any atom is 0.312 e. The summed E-state index contributed by atoms with van der Waals surface area (Å²) in [4.78, 5) is 21.9. The van der Waals surface area contributed by atoms with Crippen molar-refractivity contribution in [1.82, 2.24) is 5.43 Å². The molecule has 1 fully saturated rings. The van der Waals surface area contributed by atoms with E-state index in [4.69, 9.17) is 9.47 Å². The molecule has 0 saturated carbocycles. The number of nitro benzene ring substituents is 1. The van der Waals surface area contributed by atoms with E-state index in [9.17, 15) is 20.0 Å². The molecule has 0 radical (unpaired) electrons. The van der Waals surface area contributed by atoms with Crippen molar-refractivity contribution in [2.45, 2.75) is 19.1 Å². The smallest absolute Gasteiger partial charge is 0.312 e. The quantitative estimate of drug-likeness (QED) is 0.449. The molecule has 124 valence electrons. The van der Waals surface area contributed by atoms with Crippen molar-refractivity contribution in [2.75, 3.05) is 13.2 Å². The summed E-state index contributed by atoms with van der Waals surface area (Å²) < 4.78 is 11.0. The first-order valence-electron chi connectivity index (χ1n) is 6.57. The van der Waals surface area contributed by atoms with Gasteiger partial charge >= 0.3 is 5.69 Å². The molecular weight excluding hydrogens is 374 g/mol. The van der Waals surface area contributed by atoms with Crippen molar-refractivity contribution in [1.29, 1.82) is 0 Å². The van der Waals surface area contributed by atoms with Crippen molar-refractivity contribution in [3.63, 3.8) is 0 Å². The number of carbonyl (C=O) groups is 1. The number of nitrogens with zero attached hydrogens (tertiary/aromatic N) is 2. The number of phenols is 1. The number of ether oxygens (including phenoxy) is 2. The standard InChI is InChI=1S/C13H14BrN3O6/c1-13(22-2-3-23-13)6-11(18)16-15-7-8-4-9(14)5-10(12(8)19)17(20)21/h4-5,7,19H,2-3,6H2,1H3,(H,16,18). The zero-order valence-corrected chi connectivity index (χ0v) is 13.7. The van der Waals surface area contributed by atoms with E-state index >= 15 is 0 Å². The molecule has 1 aromatic rings. The molecule has 2 rings (SSSR count). The van der Waals surface area contributed by atoms with Crippen LogP contribution < -0.4 is 5.43 Å². The van der Waals surface area contributed by atoms with Gasteiger partial charge in [0.1, 0.15) is 0 Å². The number of halogens is 1. The molecule has 1 heterocycles. The van der Waals surface area contributed by atoms with Crippen molar-refractivity contribution in [3.05, 3.63) is 32.3 Å². The monoisotopic (exact) mass is 387 g/mol. The van der Waals surface area contributed by atoms with Gasteiger partial charge in [-0.3, -0.25) is 14.9 Å². The van der Waals surface area contributed by atoms with Crippen LogP contribution in [0, 0.1) is 10.1 Å². The third-order valence-electron chi connectivity index (χ3n) is 3.05. The Hall–Kier alpha value is -2.04. The summed E-state index contributed by atoms with van der Waals surface area (Å²) in [6.07, 6.45) is 1.07. The maximum absolute atomic E-state index is 11.8. The lowest BCUT2D eigenvalue weighted by molar-refractivity contribution is -0.385. The van der Waals surface area contributed by atoms with Gasteiger partial charge in [0.25, 0.3) is 0 Å². The van der Waals surface area contributed by atoms with Gasteiger partial charge in [0.05, 0.1) is 30.8 Å². The fourth-order valence-electron chi connectivity index (χ4n) is 2.01. The minimum atomic E-state index is -0.976. The number of rotatable bonds is 5. The van der Waals surface area contributed by atoms with E-state index in [1.165, 1.54) is 12.1 Å². The Morgan fingerprint density at radius 2 is 2.22 bits per heavy atom. The van der Waals surface area contributed by atoms with Crippen LogP contribution >= 0.6 is 15.9 Å². The second-order valence-corrected chi connectivity index (χ2v) is 5.84. The van der Waals surface area contributed by atoms with Crippen molar-refractivity contribution in [3.8, 4) is 5.75 Å². The van der Waals surface area contributed by atoms with E-state index in [1.54, 1.807) is 6.92 Å². The molecule has 0 aromatic heterocycles. The fourth-order valence-corrected chi connectivity index (χ4v) is 2.47. The molecule has 10 heteroatoms. The first-order valence-corrected chi connectivity index (χ1v) is 7.37. The lowest BCUT2D eigenvalue weighted by atomic mass is 10.2. The van der Waals surface area contributed by atoms with Crippen LogP contribution in [0.15, 0.2) is 21.7 Å². The van der Waals surface area contributed by atoms with Gasteiger partial charge in [0, 0.05) is 16.1 Å². The van der Waals surface area contributed by atoms with Gasteiger partial charge in [0.2, 0.25) is 11.7 Å². The minimum absolute atomic E-state index is 0.0467. The number of benzene rings is 1. The molecule has 1 aliphatic rings. The Morgan fingerprint density at radius 3 is 2.83 bits per heavy atom. The van der Waals surface area contributed by atoms with E-state index in [1.807, 2.05) is 0 Å². The van der Waals surface area contributed by atoms with Gasteiger partial charge < -0.3 is 14.6 Å². The average molecular weight is 388 g/mol. The minimum Gasteiger partial charge on any atom is -0.502 e. The van der Waals surface area contributed by atoms with Crippen molar-refractivity contribution >= 4 is 33.7 Å². The van der Waals surface area contributed by atoms with Crippen molar-refractivity contribution < 1.29 is 24.3 Å². The Balaban J connectivity index is 2.03. The summed E-state index contributed by atoms with van der Waals surface area (Å²) in [6.45, 7) is 2.48. The summed E-state index contributed by atoms with van der Waals surface area (Å²) in [6, 6.07) is 2.60. The number of phenolic OH excluding ortho intramolecular Hbond substituents is 1. The molecule has 2 N–H and O–H groups in total. The highest BCUT2D eigenvalue weighted by atomic mass is 79.9. The first kappa shape index (κ1) is 17.3. The molecule has 0 atom stereocenters. The highest BCUT2D eigenvalue weighted by Gasteiger charge is 2.33. The second kappa shape index (κ2) is 7.02. The molecule has 1 aromatic carbocycles. The Labute approximate surface area is 139 Å². The first-order chi connectivity index (χ1) is 10.8. The summed E-state index contributed by atoms with van der Waals surface area (Å²) in [5.74, 6) is -1.96. The summed E-state index contributed by atoms with van der Waals surface area (Å²) in [7, 11) is 0. The molecule has 0 bridgehead atoms. The number of carbonyl (C=O) groups excluding carboxylic acids is 1. The number of nitrogens with one attached hydrogen (secondary N) is 1. The van der Waals surface area contributed by atoms with Gasteiger partial charge in [0.15, 0.2) is 5.79 Å². The zero-order valence-electron chi connectivity index (χ0n) is 12.1. The third-order valence-corrected chi connectivity index (χ3v) is 3.51. The molecule has 1 aliphatic heterocycles. The average Bonchev–Trinajstić information content (AvgIpc) is 2.88. The number of hydrogen-bond acceptors (Lipinski definition) is 7. The van der Waals surface area contributed by atoms with Gasteiger partial charge in [-0.15, -0.1) is 0 Å². The number of nitro groups is 1. The molecule has 1 amide bonds. The molecule has 23 heavy (non-hydrogen) atoms. The predicted octanol–water partition coefficient (Wildman–Crippen LogP) is 1.67. The SMILES string of the molecule is CC1(CC(=O)NN=Cc2cc(Br)cc([N+](=O)[O-])c2O)OCCO1. The lowest BCUT2D eigenvalue weighted by Gasteiger charge is -2.20. The van der Waals surface area contributed by atoms with E-state index in [2.05, 4.69) is 26.5 Å². The molecule has 0 unspecified atom stereocenters. The summed E-state index contributed by atoms with van der Waals surface area (Å²) in [5.41, 5.74) is 1.88. The van der Waals surface area contributed by atoms with Crippen LogP contribution in [0.5, 0.6) is 5.75 Å². The molecule has 1 saturated heterocycles. The van der Waals surface area contributed by atoms with Crippen LogP contribution in [0.1, 0.15) is 18.9 Å². The van der Waals surface area contributed by atoms with Gasteiger partial charge in [-0.25, -0.2) is 5.43 Å². The van der Waals surface area contributed by atoms with Crippen LogP contribution in [0.2, 0.25) is 0 Å². The summed E-state index contributed by atoms with van der Waals surface area (Å²) in [5, 5.41) is 24.3. The van der Waals surface area contributed by atoms with E-state index in [0.717, 1.165) is 6.21 Å². The van der Waals surface area contributed by atoms with E-state index in [0.29, 0.717) is 17.7 Å². The van der Waals surface area contributed by atoms with E-state index < -0.39 is 28.1 Å². The van der Waals surface area contributed by atoms with Crippen LogP contribution in [-0.2, 0) is 14.3 Å². The number of hydrazone groups is 1. The largest absolute Gasteiger partial charge is 0.502 e. The van der Waals surface area contributed by atoms with Gasteiger partial charge in [-0.2, -0.15) is 5.10 Å².